The van der Waals surface area contributed by atoms with Gasteiger partial charge in [-0.2, -0.15) is 4.31 Å². The van der Waals surface area contributed by atoms with E-state index in [2.05, 4.69) is 11.1 Å². The smallest absolute Gasteiger partial charge is 0.260 e. The second kappa shape index (κ2) is 12.2. The third-order valence-electron chi connectivity index (χ3n) is 7.13. The van der Waals surface area contributed by atoms with Crippen molar-refractivity contribution in [3.63, 3.8) is 0 Å². The Labute approximate surface area is 238 Å². The Bertz CT molecular complexity index is 1530. The lowest BCUT2D eigenvalue weighted by Gasteiger charge is -2.32. The number of amides is 1. The maximum atomic E-state index is 13.9. The molecule has 0 aliphatic heterocycles. The van der Waals surface area contributed by atoms with Gasteiger partial charge in [-0.1, -0.05) is 43.6 Å². The highest BCUT2D eigenvalue weighted by Gasteiger charge is 2.31. The largest absolute Gasteiger partial charge is 0.279 e. The molecule has 2 aromatic heterocycles. The second-order valence-electron chi connectivity index (χ2n) is 9.61. The number of benzene rings is 2. The minimum absolute atomic E-state index is 0.0377. The number of thiazole rings is 1. The van der Waals surface area contributed by atoms with Gasteiger partial charge in [-0.15, -0.1) is 11.8 Å². The van der Waals surface area contributed by atoms with Gasteiger partial charge in [-0.05, 0) is 73.2 Å². The molecule has 5 rings (SSSR count). The maximum Gasteiger partial charge on any atom is 0.260 e. The summed E-state index contributed by atoms with van der Waals surface area (Å²) >= 11 is 3.13. The monoisotopic (exact) mass is 580 g/mol. The molecule has 204 valence electrons. The van der Waals surface area contributed by atoms with Gasteiger partial charge in [0, 0.05) is 35.4 Å². The number of hydrogen-bond acceptors (Lipinski definition) is 7. The first-order valence-corrected chi connectivity index (χ1v) is 16.7. The molecule has 0 saturated heterocycles. The van der Waals surface area contributed by atoms with Crippen molar-refractivity contribution in [2.24, 2.45) is 0 Å². The van der Waals surface area contributed by atoms with Gasteiger partial charge in [0.05, 0.1) is 21.7 Å². The van der Waals surface area contributed by atoms with Gasteiger partial charge in [0.25, 0.3) is 5.91 Å². The number of hydrogen-bond donors (Lipinski definition) is 0. The Hall–Kier alpha value is -2.79. The van der Waals surface area contributed by atoms with E-state index in [1.54, 1.807) is 57.6 Å². The van der Waals surface area contributed by atoms with E-state index in [9.17, 15) is 13.2 Å². The van der Waals surface area contributed by atoms with Crippen LogP contribution in [0.15, 0.2) is 76.8 Å². The van der Waals surface area contributed by atoms with Crippen LogP contribution in [0.3, 0.4) is 0 Å². The van der Waals surface area contributed by atoms with Crippen molar-refractivity contribution in [3.05, 3.63) is 78.1 Å². The minimum Gasteiger partial charge on any atom is -0.279 e. The number of thioether (sulfide) groups is 1. The van der Waals surface area contributed by atoms with Gasteiger partial charge >= 0.3 is 0 Å². The second-order valence-corrected chi connectivity index (χ2v) is 13.4. The predicted octanol–water partition coefficient (Wildman–Crippen LogP) is 6.60. The Kier molecular flexibility index (Phi) is 8.66. The zero-order chi connectivity index (χ0) is 27.4. The number of carbonyl (C=O) groups is 1. The molecule has 0 atom stereocenters. The van der Waals surface area contributed by atoms with Gasteiger partial charge in [0.1, 0.15) is 0 Å². The van der Waals surface area contributed by atoms with Crippen molar-refractivity contribution < 1.29 is 13.2 Å². The van der Waals surface area contributed by atoms with Crippen LogP contribution in [-0.2, 0) is 16.6 Å². The fraction of sp³-hybridized carbons (Fsp3) is 0.345. The van der Waals surface area contributed by atoms with Crippen molar-refractivity contribution in [2.45, 2.75) is 61.4 Å². The number of carbonyl (C=O) groups excluding carboxylic acids is 1. The number of sulfonamides is 1. The number of pyridine rings is 1. The Morgan fingerprint density at radius 3 is 2.51 bits per heavy atom. The van der Waals surface area contributed by atoms with E-state index in [1.807, 2.05) is 37.4 Å². The molecular formula is C29H32N4O3S3. The van der Waals surface area contributed by atoms with Gasteiger partial charge in [0.2, 0.25) is 10.0 Å². The molecule has 1 amide bonds. The molecule has 0 radical (unpaired) electrons. The minimum atomic E-state index is -3.65. The predicted molar refractivity (Wildman–Crippen MR) is 159 cm³/mol. The molecule has 2 heterocycles. The van der Waals surface area contributed by atoms with Gasteiger partial charge in [-0.25, -0.2) is 13.4 Å². The molecule has 1 aliphatic rings. The average molecular weight is 581 g/mol. The quantitative estimate of drug-likeness (QED) is 0.207. The van der Waals surface area contributed by atoms with Crippen LogP contribution >= 0.6 is 23.1 Å². The van der Waals surface area contributed by atoms with E-state index in [0.717, 1.165) is 52.8 Å². The van der Waals surface area contributed by atoms with Crippen molar-refractivity contribution in [1.29, 1.82) is 0 Å². The zero-order valence-corrected chi connectivity index (χ0v) is 24.6. The molecule has 4 aromatic rings. The Morgan fingerprint density at radius 1 is 1.08 bits per heavy atom. The maximum absolute atomic E-state index is 13.9. The normalized spacial score (nSPS) is 14.6. The van der Waals surface area contributed by atoms with Crippen LogP contribution in [0.25, 0.3) is 10.2 Å². The molecule has 1 aliphatic carbocycles. The first kappa shape index (κ1) is 27.8. The summed E-state index contributed by atoms with van der Waals surface area (Å²) < 4.78 is 29.6. The van der Waals surface area contributed by atoms with E-state index < -0.39 is 10.0 Å². The lowest BCUT2D eigenvalue weighted by atomic mass is 9.95. The lowest BCUT2D eigenvalue weighted by Crippen LogP contribution is -2.41. The summed E-state index contributed by atoms with van der Waals surface area (Å²) in [4.78, 5) is 25.8. The molecule has 0 N–H and O–H groups in total. The van der Waals surface area contributed by atoms with E-state index in [-0.39, 0.29) is 16.8 Å². The third kappa shape index (κ3) is 6.04. The number of nitrogens with zero attached hydrogens (tertiary/aromatic N) is 4. The van der Waals surface area contributed by atoms with Crippen LogP contribution in [0.2, 0.25) is 0 Å². The van der Waals surface area contributed by atoms with Crippen molar-refractivity contribution in [3.8, 4) is 0 Å². The summed E-state index contributed by atoms with van der Waals surface area (Å²) in [6, 6.07) is 16.2. The highest BCUT2D eigenvalue weighted by atomic mass is 32.2. The van der Waals surface area contributed by atoms with Crippen LogP contribution in [0.5, 0.6) is 0 Å². The molecule has 0 spiro atoms. The Balaban J connectivity index is 1.45. The van der Waals surface area contributed by atoms with E-state index in [4.69, 9.17) is 4.98 Å². The molecule has 39 heavy (non-hydrogen) atoms. The molecule has 1 saturated carbocycles. The summed E-state index contributed by atoms with van der Waals surface area (Å²) in [5.74, 6) is -0.244. The summed E-state index contributed by atoms with van der Waals surface area (Å²) in [7, 11) is -3.65. The number of aromatic nitrogens is 2. The molecule has 10 heteroatoms. The fourth-order valence-corrected chi connectivity index (χ4v) is 8.30. The number of fused-ring (bicyclic) bond motifs is 1. The summed E-state index contributed by atoms with van der Waals surface area (Å²) in [6.45, 7) is 2.62. The molecule has 2 aromatic carbocycles. The first-order valence-electron chi connectivity index (χ1n) is 13.2. The van der Waals surface area contributed by atoms with E-state index in [1.165, 1.54) is 11.3 Å². The average Bonchev–Trinajstić information content (AvgIpc) is 3.40. The molecule has 1 fully saturated rings. The summed E-state index contributed by atoms with van der Waals surface area (Å²) in [5.41, 5.74) is 2.11. The molecule has 0 bridgehead atoms. The summed E-state index contributed by atoms with van der Waals surface area (Å²) in [5, 5.41) is 0.586. The highest BCUT2D eigenvalue weighted by Crippen LogP contribution is 2.33. The van der Waals surface area contributed by atoms with Crippen LogP contribution in [0.1, 0.15) is 54.9 Å². The van der Waals surface area contributed by atoms with Crippen LogP contribution in [0, 0.1) is 0 Å². The lowest BCUT2D eigenvalue weighted by molar-refractivity contribution is 0.0985. The van der Waals surface area contributed by atoms with Crippen molar-refractivity contribution >= 4 is 54.4 Å². The topological polar surface area (TPSA) is 83.5 Å². The van der Waals surface area contributed by atoms with Crippen molar-refractivity contribution in [2.75, 3.05) is 17.7 Å². The SMILES string of the molecule is CCN(C1CCCCC1)S(=O)(=O)c1ccc(C(=O)N(Cc2cccnc2)c2nc3ccc(SC)cc3s2)cc1. The highest BCUT2D eigenvalue weighted by molar-refractivity contribution is 7.98. The third-order valence-corrected chi connectivity index (χ3v) is 10.9. The van der Waals surface area contributed by atoms with Gasteiger partial charge < -0.3 is 0 Å². The molecule has 0 unspecified atom stereocenters. The molecule has 7 nitrogen and oxygen atoms in total. The summed E-state index contributed by atoms with van der Waals surface area (Å²) in [6.07, 6.45) is 10.5. The standard InChI is InChI=1S/C29H32N4O3S3/c1-3-33(23-9-5-4-6-10-23)39(35,36)25-14-11-22(12-15-25)28(34)32(20-21-8-7-17-30-19-21)29-31-26-16-13-24(37-2)18-27(26)38-29/h7-8,11-19,23H,3-6,9-10,20H2,1-2H3. The van der Waals surface area contributed by atoms with Gasteiger partial charge in [0.15, 0.2) is 5.13 Å². The van der Waals surface area contributed by atoms with Crippen LogP contribution < -0.4 is 4.90 Å². The number of rotatable bonds is 9. The van der Waals surface area contributed by atoms with Crippen LogP contribution in [0.4, 0.5) is 5.13 Å². The fourth-order valence-electron chi connectivity index (χ4n) is 5.09. The molecular weight excluding hydrogens is 549 g/mol. The van der Waals surface area contributed by atoms with Gasteiger partial charge in [-0.3, -0.25) is 14.7 Å². The van der Waals surface area contributed by atoms with Crippen molar-refractivity contribution in [1.82, 2.24) is 14.3 Å². The zero-order valence-electron chi connectivity index (χ0n) is 22.1. The Morgan fingerprint density at radius 2 is 1.85 bits per heavy atom. The number of anilines is 1. The van der Waals surface area contributed by atoms with Crippen LogP contribution in [-0.4, -0.2) is 47.4 Å². The van der Waals surface area contributed by atoms with E-state index >= 15 is 0 Å². The first-order chi connectivity index (χ1) is 18.9. The van der Waals surface area contributed by atoms with E-state index in [0.29, 0.717) is 23.8 Å².